The number of rotatable bonds is 11. The van der Waals surface area contributed by atoms with E-state index in [2.05, 4.69) is 26.9 Å². The van der Waals surface area contributed by atoms with E-state index in [-0.39, 0.29) is 6.61 Å². The quantitative estimate of drug-likeness (QED) is 0.380. The summed E-state index contributed by atoms with van der Waals surface area (Å²) in [5, 5.41) is 7.64. The number of fused-ring (bicyclic) bond motifs is 1. The molecule has 0 radical (unpaired) electrons. The van der Waals surface area contributed by atoms with E-state index < -0.39 is 5.67 Å². The Morgan fingerprint density at radius 3 is 2.78 bits per heavy atom. The number of unbranched alkanes of at least 4 members (excludes halogenated alkanes) is 1. The highest BCUT2D eigenvalue weighted by Gasteiger charge is 2.21. The lowest BCUT2D eigenvalue weighted by molar-refractivity contribution is 0.120. The van der Waals surface area contributed by atoms with Gasteiger partial charge in [-0.1, -0.05) is 22.6 Å². The lowest BCUT2D eigenvalue weighted by atomic mass is 10.2. The molecule has 2 aromatic heterocycles. The molecule has 1 N–H and O–H groups in total. The molecule has 180 valence electrons. The van der Waals surface area contributed by atoms with Crippen LogP contribution in [0.5, 0.6) is 5.19 Å². The molecule has 3 rings (SSSR count). The van der Waals surface area contributed by atoms with Gasteiger partial charge in [0.15, 0.2) is 0 Å². The topological polar surface area (TPSA) is 63.4 Å². The van der Waals surface area contributed by atoms with Crippen LogP contribution in [0.4, 0.5) is 4.39 Å². The summed E-state index contributed by atoms with van der Waals surface area (Å²) in [5.74, 6) is 0.874. The summed E-state index contributed by atoms with van der Waals surface area (Å²) in [6.45, 7) is 13.0. The molecule has 0 saturated carbocycles. The highest BCUT2D eigenvalue weighted by molar-refractivity contribution is 7.13. The standard InChI is InChI=1S/C16H28FN3OS.C8H11NO/c1-16(2,17)12-21-15-19-13-6-10-20(9-5-4-8-18-3)11-7-14(13)22-15;1-3-4-5-8-6-7(2)10-9-8/h18H,4-12H2,1-3H3;3,6H,1,4-5H2,2H3. The number of ether oxygens (including phenoxy) is 1. The third-order valence-corrected chi connectivity index (χ3v) is 6.12. The monoisotopic (exact) mass is 466 g/mol. The van der Waals surface area contributed by atoms with E-state index in [0.29, 0.717) is 5.19 Å². The molecule has 8 heteroatoms. The SMILES string of the molecule is C=CCCc1cc(C)on1.CNCCCCN1CCc2nc(OCC(C)(C)F)sc2CC1. The van der Waals surface area contributed by atoms with Crippen molar-refractivity contribution >= 4 is 11.3 Å². The summed E-state index contributed by atoms with van der Waals surface area (Å²) in [5.41, 5.74) is 0.847. The Balaban J connectivity index is 0.000000303. The molecule has 0 atom stereocenters. The van der Waals surface area contributed by atoms with Gasteiger partial charge in [0.2, 0.25) is 0 Å². The number of aryl methyl sites for hydroxylation is 2. The predicted octanol–water partition coefficient (Wildman–Crippen LogP) is 4.77. The van der Waals surface area contributed by atoms with Gasteiger partial charge < -0.3 is 19.5 Å². The van der Waals surface area contributed by atoms with Crippen LogP contribution in [0.3, 0.4) is 0 Å². The summed E-state index contributed by atoms with van der Waals surface area (Å²) in [6, 6.07) is 1.95. The van der Waals surface area contributed by atoms with Crippen LogP contribution in [0.1, 0.15) is 55.1 Å². The van der Waals surface area contributed by atoms with Gasteiger partial charge in [0, 0.05) is 30.5 Å². The number of allylic oxidation sites excluding steroid dienone is 1. The summed E-state index contributed by atoms with van der Waals surface area (Å²) in [6.07, 6.45) is 8.24. The lowest BCUT2D eigenvalue weighted by Gasteiger charge is -2.19. The van der Waals surface area contributed by atoms with Crippen molar-refractivity contribution in [1.29, 1.82) is 0 Å². The van der Waals surface area contributed by atoms with Crippen LogP contribution in [0, 0.1) is 6.92 Å². The number of nitrogens with one attached hydrogen (secondary N) is 1. The highest BCUT2D eigenvalue weighted by atomic mass is 32.1. The molecule has 32 heavy (non-hydrogen) atoms. The van der Waals surface area contributed by atoms with Crippen molar-refractivity contribution in [2.75, 3.05) is 39.8 Å². The fraction of sp³-hybridized carbons (Fsp3) is 0.667. The Kier molecular flexibility index (Phi) is 11.3. The zero-order valence-corrected chi connectivity index (χ0v) is 20.9. The first-order valence-electron chi connectivity index (χ1n) is 11.5. The minimum Gasteiger partial charge on any atom is -0.467 e. The molecule has 0 spiro atoms. The van der Waals surface area contributed by atoms with Gasteiger partial charge in [-0.2, -0.15) is 0 Å². The summed E-state index contributed by atoms with van der Waals surface area (Å²) in [7, 11) is 2.00. The third-order valence-electron chi connectivity index (χ3n) is 5.05. The van der Waals surface area contributed by atoms with Gasteiger partial charge in [-0.25, -0.2) is 9.37 Å². The van der Waals surface area contributed by atoms with Crippen molar-refractivity contribution in [2.24, 2.45) is 0 Å². The number of thiazole rings is 1. The number of halogens is 1. The minimum absolute atomic E-state index is 0.0665. The smallest absolute Gasteiger partial charge is 0.273 e. The van der Waals surface area contributed by atoms with Gasteiger partial charge in [-0.05, 0) is 73.0 Å². The summed E-state index contributed by atoms with van der Waals surface area (Å²) < 4.78 is 23.9. The van der Waals surface area contributed by atoms with E-state index in [0.717, 1.165) is 69.0 Å². The van der Waals surface area contributed by atoms with Crippen LogP contribution in [-0.2, 0) is 19.3 Å². The highest BCUT2D eigenvalue weighted by Crippen LogP contribution is 2.29. The Labute approximate surface area is 196 Å². The van der Waals surface area contributed by atoms with Crippen molar-refractivity contribution < 1.29 is 13.7 Å². The van der Waals surface area contributed by atoms with Crippen LogP contribution < -0.4 is 10.1 Å². The fourth-order valence-electron chi connectivity index (χ4n) is 3.33. The molecular formula is C24H39FN4O2S. The van der Waals surface area contributed by atoms with E-state index >= 15 is 0 Å². The molecule has 0 fully saturated rings. The number of hydrogen-bond donors (Lipinski definition) is 1. The van der Waals surface area contributed by atoms with Crippen molar-refractivity contribution in [2.45, 2.75) is 65.0 Å². The van der Waals surface area contributed by atoms with E-state index in [1.54, 1.807) is 11.3 Å². The van der Waals surface area contributed by atoms with Gasteiger partial charge >= 0.3 is 0 Å². The Bertz CT molecular complexity index is 775. The van der Waals surface area contributed by atoms with Gasteiger partial charge in [0.1, 0.15) is 18.0 Å². The van der Waals surface area contributed by atoms with Gasteiger partial charge in [-0.15, -0.1) is 6.58 Å². The Morgan fingerprint density at radius 2 is 2.12 bits per heavy atom. The number of alkyl halides is 1. The maximum atomic E-state index is 13.5. The molecule has 2 aromatic rings. The second-order valence-electron chi connectivity index (χ2n) is 8.77. The molecule has 0 amide bonds. The van der Waals surface area contributed by atoms with E-state index in [4.69, 9.17) is 9.26 Å². The van der Waals surface area contributed by atoms with Crippen LogP contribution in [-0.4, -0.2) is 60.5 Å². The number of nitrogens with zero attached hydrogens (tertiary/aromatic N) is 3. The largest absolute Gasteiger partial charge is 0.467 e. The lowest BCUT2D eigenvalue weighted by Crippen LogP contribution is -2.28. The predicted molar refractivity (Wildman–Crippen MR) is 130 cm³/mol. The summed E-state index contributed by atoms with van der Waals surface area (Å²) >= 11 is 1.59. The zero-order valence-electron chi connectivity index (χ0n) is 20.1. The Morgan fingerprint density at radius 1 is 1.34 bits per heavy atom. The first-order valence-corrected chi connectivity index (χ1v) is 12.3. The average molecular weight is 467 g/mol. The molecule has 0 aromatic carbocycles. The van der Waals surface area contributed by atoms with Crippen molar-refractivity contribution in [3.8, 4) is 5.19 Å². The molecular weight excluding hydrogens is 427 g/mol. The second kappa shape index (κ2) is 13.7. The van der Waals surface area contributed by atoms with E-state index in [9.17, 15) is 4.39 Å². The van der Waals surface area contributed by atoms with Crippen LogP contribution in [0.15, 0.2) is 23.2 Å². The molecule has 6 nitrogen and oxygen atoms in total. The maximum Gasteiger partial charge on any atom is 0.273 e. The van der Waals surface area contributed by atoms with Crippen LogP contribution in [0.25, 0.3) is 0 Å². The first-order chi connectivity index (χ1) is 15.3. The van der Waals surface area contributed by atoms with Crippen molar-refractivity contribution in [3.05, 3.63) is 40.7 Å². The van der Waals surface area contributed by atoms with Crippen LogP contribution >= 0.6 is 11.3 Å². The van der Waals surface area contributed by atoms with Gasteiger partial charge in [0.05, 0.1) is 11.4 Å². The first kappa shape index (κ1) is 26.5. The van der Waals surface area contributed by atoms with Gasteiger partial charge in [0.25, 0.3) is 5.19 Å². The number of hydrogen-bond acceptors (Lipinski definition) is 7. The van der Waals surface area contributed by atoms with Gasteiger partial charge in [-0.3, -0.25) is 0 Å². The van der Waals surface area contributed by atoms with Crippen molar-refractivity contribution in [1.82, 2.24) is 20.4 Å². The number of aromatic nitrogens is 2. The molecule has 1 aliphatic heterocycles. The Hall–Kier alpha value is -1.77. The van der Waals surface area contributed by atoms with E-state index in [1.165, 1.54) is 31.6 Å². The average Bonchev–Trinajstić information content (AvgIpc) is 3.30. The molecule has 3 heterocycles. The van der Waals surface area contributed by atoms with Crippen LogP contribution in [0.2, 0.25) is 0 Å². The normalized spacial score (nSPS) is 14.3. The molecule has 1 aliphatic rings. The molecule has 0 unspecified atom stereocenters. The third kappa shape index (κ3) is 10.2. The second-order valence-corrected chi connectivity index (χ2v) is 9.81. The van der Waals surface area contributed by atoms with E-state index in [1.807, 2.05) is 26.1 Å². The minimum atomic E-state index is -1.31. The molecule has 0 saturated heterocycles. The molecule has 0 aliphatic carbocycles. The van der Waals surface area contributed by atoms with Crippen molar-refractivity contribution in [3.63, 3.8) is 0 Å². The summed E-state index contributed by atoms with van der Waals surface area (Å²) in [4.78, 5) is 8.38. The molecule has 0 bridgehead atoms. The maximum absolute atomic E-state index is 13.5. The zero-order chi connectivity index (χ0) is 23.4. The fourth-order valence-corrected chi connectivity index (χ4v) is 4.27.